The number of halogens is 2. The number of carbonyl (C=O) groups excluding carboxylic acids is 1. The zero-order valence-electron chi connectivity index (χ0n) is 6.89. The molecule has 0 atom stereocenters. The Morgan fingerprint density at radius 2 is 2.08 bits per heavy atom. The number of hydrogen-bond donors (Lipinski definition) is 0. The van der Waals surface area contributed by atoms with E-state index in [-0.39, 0.29) is 13.2 Å². The normalized spacial score (nSPS) is 10.3. The molecule has 3 nitrogen and oxygen atoms in total. The summed E-state index contributed by atoms with van der Waals surface area (Å²) in [7, 11) is 0. The van der Waals surface area contributed by atoms with Crippen LogP contribution in [0.25, 0.3) is 0 Å². The van der Waals surface area contributed by atoms with E-state index in [2.05, 4.69) is 4.74 Å². The van der Waals surface area contributed by atoms with Gasteiger partial charge in [-0.05, 0) is 6.92 Å². The first kappa shape index (κ1) is 11.3. The van der Waals surface area contributed by atoms with Gasteiger partial charge in [0, 0.05) is 6.61 Å². The Morgan fingerprint density at radius 3 is 2.58 bits per heavy atom. The standard InChI is InChI=1S/C7H12F2O3/c1-2-11-3-4-12-7(10)5-6(8)9/h6H,2-5H2,1H3. The van der Waals surface area contributed by atoms with Gasteiger partial charge in [-0.15, -0.1) is 0 Å². The summed E-state index contributed by atoms with van der Waals surface area (Å²) in [4.78, 5) is 10.5. The molecule has 0 saturated carbocycles. The van der Waals surface area contributed by atoms with Crippen LogP contribution in [0.2, 0.25) is 0 Å². The highest BCUT2D eigenvalue weighted by Gasteiger charge is 2.11. The number of carbonyl (C=O) groups is 1. The van der Waals surface area contributed by atoms with Gasteiger partial charge in [0.05, 0.1) is 6.61 Å². The van der Waals surface area contributed by atoms with Crippen LogP contribution in [0.3, 0.4) is 0 Å². The maximum atomic E-state index is 11.5. The van der Waals surface area contributed by atoms with Gasteiger partial charge >= 0.3 is 5.97 Å². The zero-order valence-corrected chi connectivity index (χ0v) is 6.89. The molecule has 0 aromatic heterocycles. The maximum absolute atomic E-state index is 11.5. The lowest BCUT2D eigenvalue weighted by Gasteiger charge is -2.03. The van der Waals surface area contributed by atoms with Crippen LogP contribution in [0.4, 0.5) is 8.78 Å². The van der Waals surface area contributed by atoms with Crippen molar-refractivity contribution in [3.8, 4) is 0 Å². The van der Waals surface area contributed by atoms with E-state index < -0.39 is 18.8 Å². The Balaban J connectivity index is 3.20. The van der Waals surface area contributed by atoms with Gasteiger partial charge in [0.1, 0.15) is 13.0 Å². The van der Waals surface area contributed by atoms with Crippen LogP contribution in [0, 0.1) is 0 Å². The topological polar surface area (TPSA) is 35.5 Å². The van der Waals surface area contributed by atoms with Crippen molar-refractivity contribution in [2.75, 3.05) is 19.8 Å². The minimum Gasteiger partial charge on any atom is -0.463 e. The largest absolute Gasteiger partial charge is 0.463 e. The molecule has 0 amide bonds. The Kier molecular flexibility index (Phi) is 6.55. The van der Waals surface area contributed by atoms with E-state index in [1.54, 1.807) is 6.92 Å². The minimum absolute atomic E-state index is 0.0411. The Labute approximate surface area is 69.6 Å². The van der Waals surface area contributed by atoms with Crippen molar-refractivity contribution >= 4 is 5.97 Å². The molecule has 0 aromatic carbocycles. The van der Waals surface area contributed by atoms with Gasteiger partial charge in [-0.2, -0.15) is 0 Å². The van der Waals surface area contributed by atoms with Crippen LogP contribution >= 0.6 is 0 Å². The third-order valence-corrected chi connectivity index (χ3v) is 1.02. The molecular formula is C7H12F2O3. The number of hydrogen-bond acceptors (Lipinski definition) is 3. The fourth-order valence-electron chi connectivity index (χ4n) is 0.544. The van der Waals surface area contributed by atoms with Gasteiger partial charge in [-0.25, -0.2) is 8.78 Å². The van der Waals surface area contributed by atoms with Crippen molar-refractivity contribution in [1.29, 1.82) is 0 Å². The number of esters is 1. The summed E-state index contributed by atoms with van der Waals surface area (Å²) < 4.78 is 32.3. The van der Waals surface area contributed by atoms with Gasteiger partial charge in [0.15, 0.2) is 0 Å². The SMILES string of the molecule is CCOCCOC(=O)CC(F)F. The summed E-state index contributed by atoms with van der Waals surface area (Å²) in [6, 6.07) is 0. The maximum Gasteiger partial charge on any atom is 0.311 e. The first-order valence-electron chi connectivity index (χ1n) is 3.68. The third kappa shape index (κ3) is 7.40. The molecule has 0 bridgehead atoms. The molecule has 5 heteroatoms. The highest BCUT2D eigenvalue weighted by Crippen LogP contribution is 1.99. The lowest BCUT2D eigenvalue weighted by atomic mass is 10.5. The minimum atomic E-state index is -2.63. The molecule has 0 unspecified atom stereocenters. The smallest absolute Gasteiger partial charge is 0.311 e. The van der Waals surface area contributed by atoms with Crippen molar-refractivity contribution < 1.29 is 23.0 Å². The van der Waals surface area contributed by atoms with Crippen LogP contribution < -0.4 is 0 Å². The number of rotatable bonds is 6. The quantitative estimate of drug-likeness (QED) is 0.457. The van der Waals surface area contributed by atoms with Gasteiger partial charge in [-0.3, -0.25) is 4.79 Å². The van der Waals surface area contributed by atoms with Gasteiger partial charge in [0.25, 0.3) is 0 Å². The zero-order chi connectivity index (χ0) is 9.40. The second-order valence-corrected chi connectivity index (χ2v) is 2.01. The van der Waals surface area contributed by atoms with Crippen LogP contribution in [0.15, 0.2) is 0 Å². The summed E-state index contributed by atoms with van der Waals surface area (Å²) in [5.41, 5.74) is 0. The molecule has 0 aliphatic rings. The Morgan fingerprint density at radius 1 is 1.42 bits per heavy atom. The highest BCUT2D eigenvalue weighted by molar-refractivity contribution is 5.69. The van der Waals surface area contributed by atoms with Crippen LogP contribution in [0.1, 0.15) is 13.3 Å². The Hall–Kier alpha value is -0.710. The Bertz CT molecular complexity index is 128. The predicted molar refractivity (Wildman–Crippen MR) is 38.1 cm³/mol. The molecular weight excluding hydrogens is 170 g/mol. The summed E-state index contributed by atoms with van der Waals surface area (Å²) in [5, 5.41) is 0. The lowest BCUT2D eigenvalue weighted by molar-refractivity contribution is -0.148. The van der Waals surface area contributed by atoms with E-state index in [1.165, 1.54) is 0 Å². The fraction of sp³-hybridized carbons (Fsp3) is 0.857. The van der Waals surface area contributed by atoms with E-state index >= 15 is 0 Å². The molecule has 0 aliphatic carbocycles. The van der Waals surface area contributed by atoms with Crippen molar-refractivity contribution in [1.82, 2.24) is 0 Å². The van der Waals surface area contributed by atoms with Crippen molar-refractivity contribution in [3.05, 3.63) is 0 Å². The van der Waals surface area contributed by atoms with Crippen LogP contribution in [-0.2, 0) is 14.3 Å². The first-order valence-corrected chi connectivity index (χ1v) is 3.68. The highest BCUT2D eigenvalue weighted by atomic mass is 19.3. The molecule has 0 heterocycles. The molecule has 0 saturated heterocycles. The van der Waals surface area contributed by atoms with Crippen molar-refractivity contribution in [2.24, 2.45) is 0 Å². The molecule has 0 aliphatic heterocycles. The summed E-state index contributed by atoms with van der Waals surface area (Å²) in [6.45, 7) is 2.61. The third-order valence-electron chi connectivity index (χ3n) is 1.02. The monoisotopic (exact) mass is 182 g/mol. The predicted octanol–water partition coefficient (Wildman–Crippen LogP) is 1.22. The van der Waals surface area contributed by atoms with E-state index in [0.29, 0.717) is 6.61 Å². The average Bonchev–Trinajstić information content (AvgIpc) is 1.97. The molecule has 0 aromatic rings. The second-order valence-electron chi connectivity index (χ2n) is 2.01. The second kappa shape index (κ2) is 6.97. The molecule has 12 heavy (non-hydrogen) atoms. The fourth-order valence-corrected chi connectivity index (χ4v) is 0.544. The number of ether oxygens (including phenoxy) is 2. The molecule has 0 radical (unpaired) electrons. The summed E-state index contributed by atoms with van der Waals surface area (Å²) in [6.07, 6.45) is -3.48. The molecule has 0 rings (SSSR count). The number of alkyl halides is 2. The first-order chi connectivity index (χ1) is 5.66. The van der Waals surface area contributed by atoms with E-state index in [9.17, 15) is 13.6 Å². The average molecular weight is 182 g/mol. The molecule has 0 spiro atoms. The van der Waals surface area contributed by atoms with E-state index in [4.69, 9.17) is 4.74 Å². The van der Waals surface area contributed by atoms with Crippen LogP contribution in [-0.4, -0.2) is 32.2 Å². The molecule has 0 fully saturated rings. The van der Waals surface area contributed by atoms with Crippen molar-refractivity contribution in [2.45, 2.75) is 19.8 Å². The molecule has 0 N–H and O–H groups in total. The van der Waals surface area contributed by atoms with Gasteiger partial charge in [-0.1, -0.05) is 0 Å². The van der Waals surface area contributed by atoms with Gasteiger partial charge < -0.3 is 9.47 Å². The van der Waals surface area contributed by atoms with Gasteiger partial charge in [0.2, 0.25) is 6.43 Å². The van der Waals surface area contributed by atoms with Crippen molar-refractivity contribution in [3.63, 3.8) is 0 Å². The van der Waals surface area contributed by atoms with E-state index in [0.717, 1.165) is 0 Å². The summed E-state index contributed by atoms with van der Waals surface area (Å²) >= 11 is 0. The van der Waals surface area contributed by atoms with E-state index in [1.807, 2.05) is 0 Å². The summed E-state index contributed by atoms with van der Waals surface area (Å²) in [5.74, 6) is -0.885. The van der Waals surface area contributed by atoms with Crippen LogP contribution in [0.5, 0.6) is 0 Å². The lowest BCUT2D eigenvalue weighted by Crippen LogP contribution is -2.13. The molecule has 72 valence electrons.